The molecule has 0 saturated carbocycles. The number of hydrogen-bond donors (Lipinski definition) is 2. The third-order valence-corrected chi connectivity index (χ3v) is 1.95. The number of aromatic nitrogens is 2. The van der Waals surface area contributed by atoms with Gasteiger partial charge in [-0.05, 0) is 19.9 Å². The van der Waals surface area contributed by atoms with E-state index < -0.39 is 5.41 Å². The van der Waals surface area contributed by atoms with Crippen LogP contribution >= 0.6 is 0 Å². The molecule has 1 rings (SSSR count). The highest BCUT2D eigenvalue weighted by atomic mass is 16.2. The largest absolute Gasteiger partial charge is 0.273 e. The van der Waals surface area contributed by atoms with Crippen LogP contribution in [0.1, 0.15) is 32.2 Å². The predicted octanol–water partition coefficient (Wildman–Crippen LogP) is 1.58. The molecule has 0 aromatic carbocycles. The topological polar surface area (TPSA) is 66.9 Å². The highest BCUT2D eigenvalue weighted by Gasteiger charge is 2.20. The molecule has 5 nitrogen and oxygen atoms in total. The first kappa shape index (κ1) is 12.4. The highest BCUT2D eigenvalue weighted by Crippen LogP contribution is 2.12. The monoisotopic (exact) mass is 222 g/mol. The Morgan fingerprint density at radius 2 is 1.69 bits per heavy atom. The van der Waals surface area contributed by atoms with Crippen LogP contribution in [0, 0.1) is 19.3 Å². The van der Waals surface area contributed by atoms with Crippen molar-refractivity contribution in [2.45, 2.75) is 34.6 Å². The fourth-order valence-corrected chi connectivity index (χ4v) is 1.08. The van der Waals surface area contributed by atoms with Crippen LogP contribution in [0.15, 0.2) is 6.07 Å². The van der Waals surface area contributed by atoms with Gasteiger partial charge in [-0.25, -0.2) is 9.97 Å². The lowest BCUT2D eigenvalue weighted by atomic mass is 9.96. The molecule has 16 heavy (non-hydrogen) atoms. The SMILES string of the molecule is Cc1cc(C)nc(NNC(=O)C(C)(C)C)n1. The first-order chi connectivity index (χ1) is 7.29. The Morgan fingerprint density at radius 1 is 1.19 bits per heavy atom. The minimum Gasteiger partial charge on any atom is -0.273 e. The summed E-state index contributed by atoms with van der Waals surface area (Å²) >= 11 is 0. The van der Waals surface area contributed by atoms with Crippen molar-refractivity contribution in [3.63, 3.8) is 0 Å². The maximum atomic E-state index is 11.6. The molecule has 0 aliphatic carbocycles. The van der Waals surface area contributed by atoms with Gasteiger partial charge in [-0.15, -0.1) is 0 Å². The van der Waals surface area contributed by atoms with Crippen LogP contribution in [-0.4, -0.2) is 15.9 Å². The molecule has 2 N–H and O–H groups in total. The average Bonchev–Trinajstić information content (AvgIpc) is 2.11. The second-order valence-electron chi connectivity index (χ2n) is 4.80. The van der Waals surface area contributed by atoms with E-state index in [1.807, 2.05) is 40.7 Å². The summed E-state index contributed by atoms with van der Waals surface area (Å²) < 4.78 is 0. The molecule has 1 aromatic heterocycles. The normalized spacial score (nSPS) is 11.1. The fraction of sp³-hybridized carbons (Fsp3) is 0.545. The van der Waals surface area contributed by atoms with Crippen molar-refractivity contribution >= 4 is 11.9 Å². The lowest BCUT2D eigenvalue weighted by Crippen LogP contribution is -2.39. The molecule has 0 aliphatic heterocycles. The first-order valence-corrected chi connectivity index (χ1v) is 5.18. The van der Waals surface area contributed by atoms with Gasteiger partial charge in [0.2, 0.25) is 11.9 Å². The molecule has 1 aromatic rings. The molecule has 0 spiro atoms. The lowest BCUT2D eigenvalue weighted by Gasteiger charge is -2.17. The molecule has 88 valence electrons. The predicted molar refractivity (Wildman–Crippen MR) is 62.7 cm³/mol. The van der Waals surface area contributed by atoms with Crippen molar-refractivity contribution in [2.24, 2.45) is 5.41 Å². The Labute approximate surface area is 95.7 Å². The zero-order chi connectivity index (χ0) is 12.3. The summed E-state index contributed by atoms with van der Waals surface area (Å²) in [5.74, 6) is 0.311. The molecule has 1 heterocycles. The summed E-state index contributed by atoms with van der Waals surface area (Å²) in [6, 6.07) is 1.87. The Bertz CT molecular complexity index is 375. The molecule has 0 saturated heterocycles. The van der Waals surface area contributed by atoms with Gasteiger partial charge in [0, 0.05) is 16.8 Å². The summed E-state index contributed by atoms with van der Waals surface area (Å²) in [5.41, 5.74) is 6.57. The maximum absolute atomic E-state index is 11.6. The quantitative estimate of drug-likeness (QED) is 0.746. The van der Waals surface area contributed by atoms with Gasteiger partial charge >= 0.3 is 0 Å². The van der Waals surface area contributed by atoms with Crippen molar-refractivity contribution in [2.75, 3.05) is 5.43 Å². The Balaban J connectivity index is 2.65. The van der Waals surface area contributed by atoms with Gasteiger partial charge < -0.3 is 0 Å². The van der Waals surface area contributed by atoms with Gasteiger partial charge in [-0.3, -0.25) is 15.6 Å². The van der Waals surface area contributed by atoms with Crippen LogP contribution in [0.4, 0.5) is 5.95 Å². The van der Waals surface area contributed by atoms with E-state index in [0.29, 0.717) is 5.95 Å². The number of carbonyl (C=O) groups is 1. The number of nitrogens with one attached hydrogen (secondary N) is 2. The van der Waals surface area contributed by atoms with Gasteiger partial charge in [0.05, 0.1) is 0 Å². The van der Waals surface area contributed by atoms with Gasteiger partial charge in [0.15, 0.2) is 0 Å². The van der Waals surface area contributed by atoms with Crippen molar-refractivity contribution in [3.05, 3.63) is 17.5 Å². The molecule has 1 amide bonds. The van der Waals surface area contributed by atoms with E-state index in [-0.39, 0.29) is 5.91 Å². The Hall–Kier alpha value is -1.65. The van der Waals surface area contributed by atoms with Crippen molar-refractivity contribution < 1.29 is 4.79 Å². The standard InChI is InChI=1S/C11H18N4O/c1-7-6-8(2)13-10(12-7)15-14-9(16)11(3,4)5/h6H,1-5H3,(H,14,16)(H,12,13,15). The van der Waals surface area contributed by atoms with E-state index >= 15 is 0 Å². The molecule has 0 radical (unpaired) electrons. The molecule has 0 aliphatic rings. The van der Waals surface area contributed by atoms with Crippen molar-refractivity contribution in [1.29, 1.82) is 0 Å². The lowest BCUT2D eigenvalue weighted by molar-refractivity contribution is -0.127. The number of anilines is 1. The number of hydrazine groups is 1. The average molecular weight is 222 g/mol. The molecule has 0 atom stereocenters. The maximum Gasteiger partial charge on any atom is 0.243 e. The minimum atomic E-state index is -0.439. The number of nitrogens with zero attached hydrogens (tertiary/aromatic N) is 2. The van der Waals surface area contributed by atoms with Gasteiger partial charge in [0.1, 0.15) is 0 Å². The summed E-state index contributed by atoms with van der Waals surface area (Å²) in [6.07, 6.45) is 0. The van der Waals surface area contributed by atoms with E-state index in [4.69, 9.17) is 0 Å². The van der Waals surface area contributed by atoms with Crippen molar-refractivity contribution in [3.8, 4) is 0 Å². The summed E-state index contributed by atoms with van der Waals surface area (Å²) in [7, 11) is 0. The minimum absolute atomic E-state index is 0.102. The van der Waals surface area contributed by atoms with E-state index in [2.05, 4.69) is 20.8 Å². The summed E-state index contributed by atoms with van der Waals surface area (Å²) in [6.45, 7) is 9.28. The van der Waals surface area contributed by atoms with Crippen LogP contribution in [-0.2, 0) is 4.79 Å². The Kier molecular flexibility index (Phi) is 3.47. The third kappa shape index (κ3) is 3.49. The second-order valence-corrected chi connectivity index (χ2v) is 4.80. The number of aryl methyl sites for hydroxylation is 2. The number of amides is 1. The van der Waals surface area contributed by atoms with Gasteiger partial charge in [-0.2, -0.15) is 0 Å². The first-order valence-electron chi connectivity index (χ1n) is 5.18. The van der Waals surface area contributed by atoms with Crippen LogP contribution in [0.25, 0.3) is 0 Å². The van der Waals surface area contributed by atoms with Crippen LogP contribution < -0.4 is 10.9 Å². The molecular weight excluding hydrogens is 204 g/mol. The van der Waals surface area contributed by atoms with E-state index in [1.54, 1.807) is 0 Å². The smallest absolute Gasteiger partial charge is 0.243 e. The van der Waals surface area contributed by atoms with Crippen molar-refractivity contribution in [1.82, 2.24) is 15.4 Å². The van der Waals surface area contributed by atoms with Gasteiger partial charge in [0.25, 0.3) is 0 Å². The third-order valence-electron chi connectivity index (χ3n) is 1.95. The summed E-state index contributed by atoms with van der Waals surface area (Å²) in [4.78, 5) is 19.9. The van der Waals surface area contributed by atoms with Gasteiger partial charge in [-0.1, -0.05) is 20.8 Å². The zero-order valence-corrected chi connectivity index (χ0v) is 10.4. The van der Waals surface area contributed by atoms with Crippen LogP contribution in [0.5, 0.6) is 0 Å². The molecule has 0 fully saturated rings. The molecular formula is C11H18N4O. The Morgan fingerprint density at radius 3 is 2.12 bits per heavy atom. The van der Waals surface area contributed by atoms with E-state index in [9.17, 15) is 4.79 Å². The highest BCUT2D eigenvalue weighted by molar-refractivity contribution is 5.82. The number of hydrogen-bond acceptors (Lipinski definition) is 4. The molecule has 0 unspecified atom stereocenters. The van der Waals surface area contributed by atoms with E-state index in [1.165, 1.54) is 0 Å². The molecule has 5 heteroatoms. The second kappa shape index (κ2) is 4.47. The van der Waals surface area contributed by atoms with E-state index in [0.717, 1.165) is 11.4 Å². The van der Waals surface area contributed by atoms with Crippen LogP contribution in [0.2, 0.25) is 0 Å². The summed E-state index contributed by atoms with van der Waals surface area (Å²) in [5, 5.41) is 0. The fourth-order valence-electron chi connectivity index (χ4n) is 1.08. The zero-order valence-electron chi connectivity index (χ0n) is 10.4. The van der Waals surface area contributed by atoms with Crippen LogP contribution in [0.3, 0.4) is 0 Å². The number of rotatable bonds is 2. The molecule has 0 bridgehead atoms. The number of carbonyl (C=O) groups excluding carboxylic acids is 1.